The number of aromatic hydroxyl groups is 1. The molecule has 26 heavy (non-hydrogen) atoms. The number of phenols is 1. The predicted molar refractivity (Wildman–Crippen MR) is 110 cm³/mol. The Labute approximate surface area is 162 Å². The van der Waals surface area contributed by atoms with Gasteiger partial charge in [0.25, 0.3) is 5.91 Å². The van der Waals surface area contributed by atoms with E-state index in [2.05, 4.69) is 0 Å². The van der Waals surface area contributed by atoms with Crippen LogP contribution in [0.25, 0.3) is 17.2 Å². The maximum absolute atomic E-state index is 12.2. The average molecular weight is 388 g/mol. The maximum Gasteiger partial charge on any atom is 0.260 e. The van der Waals surface area contributed by atoms with Crippen molar-refractivity contribution in [2.45, 2.75) is 11.8 Å². The minimum Gasteiger partial charge on any atom is -0.504 e. The zero-order valence-corrected chi connectivity index (χ0v) is 16.6. The van der Waals surface area contributed by atoms with E-state index in [-0.39, 0.29) is 11.7 Å². The van der Waals surface area contributed by atoms with Gasteiger partial charge in [-0.2, -0.15) is 0 Å². The predicted octanol–water partition coefficient (Wildman–Crippen LogP) is 4.68. The van der Waals surface area contributed by atoms with Gasteiger partial charge in [0.05, 0.1) is 17.4 Å². The number of benzene rings is 2. The first-order valence-electron chi connectivity index (χ1n) is 8.28. The summed E-state index contributed by atoms with van der Waals surface area (Å²) in [5.41, 5.74) is 2.49. The molecule has 1 saturated heterocycles. The second kappa shape index (κ2) is 8.10. The summed E-state index contributed by atoms with van der Waals surface area (Å²) in [5, 5.41) is 10.7. The molecule has 4 nitrogen and oxygen atoms in total. The molecule has 3 rings (SSSR count). The molecule has 136 valence electrons. The van der Waals surface area contributed by atoms with Gasteiger partial charge in [0, 0.05) is 17.5 Å². The van der Waals surface area contributed by atoms with Gasteiger partial charge in [-0.05, 0) is 48.6 Å². The second-order valence-electron chi connectivity index (χ2n) is 5.83. The van der Waals surface area contributed by atoms with Crippen LogP contribution in [0.1, 0.15) is 12.5 Å². The van der Waals surface area contributed by atoms with Crippen molar-refractivity contribution in [1.82, 2.24) is 4.90 Å². The number of likely N-dealkylation sites (N-methyl/N-ethyl adjacent to an activating group) is 1. The molecule has 1 fully saturated rings. The molecule has 0 saturated carbocycles. The largest absolute Gasteiger partial charge is 0.504 e. The lowest BCUT2D eigenvalue weighted by atomic mass is 10.0. The summed E-state index contributed by atoms with van der Waals surface area (Å²) in [6, 6.07) is 11.6. The molecule has 0 atom stereocenters. The fourth-order valence-electron chi connectivity index (χ4n) is 2.78. The molecule has 2 aromatic rings. The van der Waals surface area contributed by atoms with E-state index < -0.39 is 0 Å². The Balaban J connectivity index is 2.14. The third kappa shape index (κ3) is 3.71. The van der Waals surface area contributed by atoms with E-state index in [0.29, 0.717) is 28.7 Å². The number of hydrogen-bond donors (Lipinski definition) is 1. The van der Waals surface area contributed by atoms with Crippen molar-refractivity contribution in [3.05, 3.63) is 46.9 Å². The van der Waals surface area contributed by atoms with Crippen molar-refractivity contribution in [1.29, 1.82) is 0 Å². The Bertz CT molecular complexity index is 864. The van der Waals surface area contributed by atoms with Gasteiger partial charge in [0.1, 0.15) is 0 Å². The average Bonchev–Trinajstić information content (AvgIpc) is 2.96. The van der Waals surface area contributed by atoms with Crippen LogP contribution in [0.5, 0.6) is 11.5 Å². The highest BCUT2D eigenvalue weighted by Crippen LogP contribution is 2.42. The van der Waals surface area contributed by atoms with Crippen LogP contribution in [0.15, 0.2) is 46.2 Å². The highest BCUT2D eigenvalue weighted by Gasteiger charge is 2.23. The molecular formula is C20H21NO3S2. The van der Waals surface area contributed by atoms with Crippen molar-refractivity contribution in [2.24, 2.45) is 0 Å². The molecule has 1 heterocycles. The zero-order valence-electron chi connectivity index (χ0n) is 15.0. The number of thioether (sulfide) groups is 2. The number of ether oxygens (including phenoxy) is 1. The second-order valence-corrected chi connectivity index (χ2v) is 7.67. The van der Waals surface area contributed by atoms with Crippen LogP contribution in [-0.4, -0.2) is 41.7 Å². The van der Waals surface area contributed by atoms with Crippen molar-refractivity contribution < 1.29 is 14.6 Å². The van der Waals surface area contributed by atoms with Crippen LogP contribution in [-0.2, 0) is 4.79 Å². The summed E-state index contributed by atoms with van der Waals surface area (Å²) in [6.45, 7) is 2.33. The smallest absolute Gasteiger partial charge is 0.260 e. The Morgan fingerprint density at radius 3 is 2.73 bits per heavy atom. The van der Waals surface area contributed by atoms with Gasteiger partial charge in [0.2, 0.25) is 0 Å². The molecule has 1 aliphatic rings. The molecule has 6 heteroatoms. The van der Waals surface area contributed by atoms with Crippen LogP contribution < -0.4 is 4.74 Å². The summed E-state index contributed by atoms with van der Waals surface area (Å²) in [6.07, 6.45) is 3.87. The Morgan fingerprint density at radius 1 is 1.31 bits per heavy atom. The highest BCUT2D eigenvalue weighted by atomic mass is 32.2. The van der Waals surface area contributed by atoms with E-state index in [4.69, 9.17) is 4.74 Å². The Morgan fingerprint density at radius 2 is 2.08 bits per heavy atom. The maximum atomic E-state index is 12.2. The Kier molecular flexibility index (Phi) is 5.84. The lowest BCUT2D eigenvalue weighted by Crippen LogP contribution is -2.18. The number of nitrogens with zero attached hydrogens (tertiary/aromatic N) is 1. The monoisotopic (exact) mass is 387 g/mol. The van der Waals surface area contributed by atoms with Crippen molar-refractivity contribution in [2.75, 3.05) is 25.8 Å². The van der Waals surface area contributed by atoms with Crippen molar-refractivity contribution in [3.63, 3.8) is 0 Å². The molecule has 1 N–H and O–H groups in total. The van der Waals surface area contributed by atoms with Crippen LogP contribution in [0.3, 0.4) is 0 Å². The number of carbonyl (C=O) groups is 1. The lowest BCUT2D eigenvalue weighted by molar-refractivity contribution is -0.123. The van der Waals surface area contributed by atoms with E-state index in [1.807, 2.05) is 49.6 Å². The molecule has 0 aliphatic carbocycles. The normalized spacial score (nSPS) is 15.7. The van der Waals surface area contributed by atoms with Crippen molar-refractivity contribution in [3.8, 4) is 22.6 Å². The quantitative estimate of drug-likeness (QED) is 0.596. The van der Waals surface area contributed by atoms with Gasteiger partial charge in [-0.3, -0.25) is 4.79 Å². The molecule has 0 radical (unpaired) electrons. The first-order valence-corrected chi connectivity index (χ1v) is 10.5. The van der Waals surface area contributed by atoms with Gasteiger partial charge in [-0.15, -0.1) is 11.8 Å². The third-order valence-corrected chi connectivity index (χ3v) is 5.98. The number of carbonyl (C=O) groups excluding carboxylic acids is 1. The third-order valence-electron chi connectivity index (χ3n) is 4.06. The van der Waals surface area contributed by atoms with E-state index >= 15 is 0 Å². The molecule has 0 aromatic heterocycles. The van der Waals surface area contributed by atoms with Crippen LogP contribution in [0, 0.1) is 0 Å². The summed E-state index contributed by atoms with van der Waals surface area (Å²) < 4.78 is 5.64. The first-order chi connectivity index (χ1) is 12.5. The van der Waals surface area contributed by atoms with Crippen LogP contribution in [0.2, 0.25) is 0 Å². The standard InChI is InChI=1S/C20H21NO3S2/c1-4-24-16-10-13(11-18-20(23)21(2)12-26-18)9-15(19(16)22)14-7-5-6-8-17(14)25-3/h5-11,22H,4,12H2,1-3H3/b18-11-. The van der Waals surface area contributed by atoms with E-state index in [1.165, 1.54) is 11.8 Å². The minimum atomic E-state index is 0.0205. The molecule has 2 aromatic carbocycles. The summed E-state index contributed by atoms with van der Waals surface area (Å²) in [4.78, 5) is 15.6. The molecule has 1 amide bonds. The molecule has 0 bridgehead atoms. The van der Waals surface area contributed by atoms with E-state index in [0.717, 1.165) is 16.0 Å². The molecule has 1 aliphatic heterocycles. The molecule has 0 unspecified atom stereocenters. The molecule has 0 spiro atoms. The van der Waals surface area contributed by atoms with E-state index in [1.54, 1.807) is 29.8 Å². The lowest BCUT2D eigenvalue weighted by Gasteiger charge is -2.14. The van der Waals surface area contributed by atoms with Gasteiger partial charge in [-0.1, -0.05) is 30.0 Å². The fourth-order valence-corrected chi connectivity index (χ4v) is 4.34. The fraction of sp³-hybridized carbons (Fsp3) is 0.250. The van der Waals surface area contributed by atoms with Gasteiger partial charge in [-0.25, -0.2) is 0 Å². The van der Waals surface area contributed by atoms with Gasteiger partial charge in [0.15, 0.2) is 11.5 Å². The van der Waals surface area contributed by atoms with Crippen LogP contribution in [0.4, 0.5) is 0 Å². The van der Waals surface area contributed by atoms with Crippen molar-refractivity contribution >= 4 is 35.5 Å². The summed E-state index contributed by atoms with van der Waals surface area (Å²) in [5.74, 6) is 1.23. The number of phenolic OH excluding ortho intramolecular Hbond substituents is 1. The van der Waals surface area contributed by atoms with Gasteiger partial charge >= 0.3 is 0 Å². The number of amides is 1. The highest BCUT2D eigenvalue weighted by molar-refractivity contribution is 8.04. The minimum absolute atomic E-state index is 0.0205. The Hall–Kier alpha value is -2.05. The SMILES string of the molecule is CCOc1cc(/C=C2\SCN(C)C2=O)cc(-c2ccccc2SC)c1O. The first kappa shape index (κ1) is 18.7. The van der Waals surface area contributed by atoms with Crippen LogP contribution >= 0.6 is 23.5 Å². The zero-order chi connectivity index (χ0) is 18.7. The number of rotatable bonds is 5. The topological polar surface area (TPSA) is 49.8 Å². The van der Waals surface area contributed by atoms with E-state index in [9.17, 15) is 9.90 Å². The van der Waals surface area contributed by atoms with Gasteiger partial charge < -0.3 is 14.7 Å². The summed E-state index contributed by atoms with van der Waals surface area (Å²) in [7, 11) is 1.79. The molecular weight excluding hydrogens is 366 g/mol. The summed E-state index contributed by atoms with van der Waals surface area (Å²) >= 11 is 3.14. The number of hydrogen-bond acceptors (Lipinski definition) is 5.